The van der Waals surface area contributed by atoms with Crippen molar-refractivity contribution in [2.75, 3.05) is 11.9 Å². The van der Waals surface area contributed by atoms with Gasteiger partial charge in [-0.2, -0.15) is 0 Å². The van der Waals surface area contributed by atoms with Crippen LogP contribution in [0.15, 0.2) is 79.0 Å². The molecule has 4 heteroatoms. The van der Waals surface area contributed by atoms with Gasteiger partial charge in [0.15, 0.2) is 0 Å². The van der Waals surface area contributed by atoms with Gasteiger partial charge < -0.3 is 10.1 Å². The fourth-order valence-electron chi connectivity index (χ4n) is 3.81. The van der Waals surface area contributed by atoms with Gasteiger partial charge in [-0.15, -0.1) is 0 Å². The SMILES string of the molecule is CCOc1ccccc1C=C1C(=O)Nc2cc(-c3ccc4cccnc4c3)ccc21. The van der Waals surface area contributed by atoms with Crippen LogP contribution in [-0.2, 0) is 4.79 Å². The zero-order chi connectivity index (χ0) is 20.5. The Balaban J connectivity index is 1.54. The number of hydrogen-bond donors (Lipinski definition) is 1. The minimum atomic E-state index is -0.103. The predicted molar refractivity (Wildman–Crippen MR) is 121 cm³/mol. The molecule has 4 nitrogen and oxygen atoms in total. The zero-order valence-electron chi connectivity index (χ0n) is 16.6. The number of rotatable bonds is 4. The normalized spacial score (nSPS) is 14.0. The first kappa shape index (κ1) is 18.1. The Kier molecular flexibility index (Phi) is 4.52. The molecule has 3 aromatic carbocycles. The first-order valence-electron chi connectivity index (χ1n) is 9.97. The Hall–Kier alpha value is -3.92. The molecule has 0 aliphatic carbocycles. The van der Waals surface area contributed by atoms with E-state index in [1.54, 1.807) is 6.20 Å². The molecular formula is C26H20N2O2. The molecule has 1 aromatic heterocycles. The number of para-hydroxylation sites is 1. The number of benzene rings is 3. The van der Waals surface area contributed by atoms with E-state index in [-0.39, 0.29) is 5.91 Å². The number of nitrogens with one attached hydrogen (secondary N) is 1. The van der Waals surface area contributed by atoms with E-state index >= 15 is 0 Å². The van der Waals surface area contributed by atoms with Crippen LogP contribution in [-0.4, -0.2) is 17.5 Å². The van der Waals surface area contributed by atoms with Crippen LogP contribution in [0.1, 0.15) is 18.1 Å². The highest BCUT2D eigenvalue weighted by Gasteiger charge is 2.25. The Morgan fingerprint density at radius 2 is 1.80 bits per heavy atom. The van der Waals surface area contributed by atoms with Crippen LogP contribution in [0.25, 0.3) is 33.7 Å². The van der Waals surface area contributed by atoms with Crippen LogP contribution in [0.2, 0.25) is 0 Å². The lowest BCUT2D eigenvalue weighted by Gasteiger charge is -2.08. The summed E-state index contributed by atoms with van der Waals surface area (Å²) in [5, 5.41) is 4.11. The van der Waals surface area contributed by atoms with Gasteiger partial charge in [0.05, 0.1) is 12.1 Å². The Bertz CT molecular complexity index is 1310. The number of hydrogen-bond acceptors (Lipinski definition) is 3. The third-order valence-corrected chi connectivity index (χ3v) is 5.26. The van der Waals surface area contributed by atoms with Crippen LogP contribution in [0.3, 0.4) is 0 Å². The van der Waals surface area contributed by atoms with E-state index in [4.69, 9.17) is 4.74 Å². The molecule has 146 valence electrons. The highest BCUT2D eigenvalue weighted by atomic mass is 16.5. The van der Waals surface area contributed by atoms with Gasteiger partial charge in [-0.3, -0.25) is 9.78 Å². The summed E-state index contributed by atoms with van der Waals surface area (Å²) in [6.45, 7) is 2.53. The molecular weight excluding hydrogens is 372 g/mol. The molecule has 1 aliphatic heterocycles. The number of nitrogens with zero attached hydrogens (tertiary/aromatic N) is 1. The van der Waals surface area contributed by atoms with Crippen molar-refractivity contribution in [2.45, 2.75) is 6.92 Å². The van der Waals surface area contributed by atoms with E-state index in [9.17, 15) is 4.79 Å². The lowest BCUT2D eigenvalue weighted by atomic mass is 9.98. The molecule has 5 rings (SSSR count). The summed E-state index contributed by atoms with van der Waals surface area (Å²) in [6.07, 6.45) is 3.69. The number of aromatic nitrogens is 1. The molecule has 2 heterocycles. The average molecular weight is 392 g/mol. The van der Waals surface area contributed by atoms with E-state index in [1.807, 2.05) is 67.6 Å². The first-order valence-corrected chi connectivity index (χ1v) is 9.97. The zero-order valence-corrected chi connectivity index (χ0v) is 16.6. The largest absolute Gasteiger partial charge is 0.493 e. The van der Waals surface area contributed by atoms with E-state index in [2.05, 4.69) is 28.5 Å². The van der Waals surface area contributed by atoms with Gasteiger partial charge in [-0.25, -0.2) is 0 Å². The average Bonchev–Trinajstić information content (AvgIpc) is 3.09. The van der Waals surface area contributed by atoms with Gasteiger partial charge in [-0.05, 0) is 48.4 Å². The molecule has 1 amide bonds. The molecule has 0 bridgehead atoms. The fraction of sp³-hybridized carbons (Fsp3) is 0.0769. The van der Waals surface area contributed by atoms with Crippen LogP contribution < -0.4 is 10.1 Å². The van der Waals surface area contributed by atoms with E-state index in [0.717, 1.165) is 44.6 Å². The minimum Gasteiger partial charge on any atom is -0.493 e. The van der Waals surface area contributed by atoms with Gasteiger partial charge in [0.1, 0.15) is 5.75 Å². The smallest absolute Gasteiger partial charge is 0.256 e. The van der Waals surface area contributed by atoms with Crippen molar-refractivity contribution >= 4 is 34.1 Å². The maximum Gasteiger partial charge on any atom is 0.256 e. The summed E-state index contributed by atoms with van der Waals surface area (Å²) in [7, 11) is 0. The van der Waals surface area contributed by atoms with Gasteiger partial charge in [0.2, 0.25) is 0 Å². The summed E-state index contributed by atoms with van der Waals surface area (Å²) < 4.78 is 5.70. The molecule has 0 radical (unpaired) electrons. The molecule has 0 unspecified atom stereocenters. The van der Waals surface area contributed by atoms with Crippen molar-refractivity contribution in [3.05, 3.63) is 90.1 Å². The topological polar surface area (TPSA) is 51.2 Å². The third-order valence-electron chi connectivity index (χ3n) is 5.26. The number of anilines is 1. The summed E-state index contributed by atoms with van der Waals surface area (Å²) in [6, 6.07) is 24.0. The monoisotopic (exact) mass is 392 g/mol. The standard InChI is InChI=1S/C26H20N2O2/c1-2-30-25-8-4-3-6-20(25)14-22-21-12-11-19(16-24(21)28-26(22)29)18-10-9-17-7-5-13-27-23(17)15-18/h3-16H,2H2,1H3,(H,28,29). The third kappa shape index (κ3) is 3.22. The van der Waals surface area contributed by atoms with Gasteiger partial charge in [0, 0.05) is 34.0 Å². The molecule has 0 spiro atoms. The molecule has 4 aromatic rings. The number of fused-ring (bicyclic) bond motifs is 2. The second-order valence-electron chi connectivity index (χ2n) is 7.15. The Labute approximate surface area is 174 Å². The predicted octanol–water partition coefficient (Wildman–Crippen LogP) is 5.79. The van der Waals surface area contributed by atoms with Crippen LogP contribution in [0.4, 0.5) is 5.69 Å². The molecule has 1 aliphatic rings. The van der Waals surface area contributed by atoms with Crippen molar-refractivity contribution in [3.63, 3.8) is 0 Å². The Morgan fingerprint density at radius 3 is 2.70 bits per heavy atom. The summed E-state index contributed by atoms with van der Waals surface area (Å²) >= 11 is 0. The summed E-state index contributed by atoms with van der Waals surface area (Å²) in [4.78, 5) is 17.1. The highest BCUT2D eigenvalue weighted by molar-refractivity contribution is 6.35. The first-order chi connectivity index (χ1) is 14.7. The molecule has 0 fully saturated rings. The number of carbonyl (C=O) groups excluding carboxylic acids is 1. The van der Waals surface area contributed by atoms with Crippen LogP contribution >= 0.6 is 0 Å². The fourth-order valence-corrected chi connectivity index (χ4v) is 3.81. The minimum absolute atomic E-state index is 0.103. The van der Waals surface area contributed by atoms with Crippen molar-refractivity contribution in [1.82, 2.24) is 4.98 Å². The lowest BCUT2D eigenvalue weighted by Crippen LogP contribution is -2.03. The van der Waals surface area contributed by atoms with Crippen molar-refractivity contribution in [3.8, 4) is 16.9 Å². The summed E-state index contributed by atoms with van der Waals surface area (Å²) in [5.41, 5.74) is 6.31. The molecule has 1 N–H and O–H groups in total. The number of amides is 1. The van der Waals surface area contributed by atoms with Crippen molar-refractivity contribution in [1.29, 1.82) is 0 Å². The van der Waals surface area contributed by atoms with Crippen LogP contribution in [0.5, 0.6) is 5.75 Å². The second kappa shape index (κ2) is 7.48. The maximum absolute atomic E-state index is 12.7. The van der Waals surface area contributed by atoms with E-state index < -0.39 is 0 Å². The number of ether oxygens (including phenoxy) is 1. The number of carbonyl (C=O) groups is 1. The van der Waals surface area contributed by atoms with Gasteiger partial charge in [-0.1, -0.05) is 48.5 Å². The molecule has 0 saturated heterocycles. The van der Waals surface area contributed by atoms with Gasteiger partial charge >= 0.3 is 0 Å². The lowest BCUT2D eigenvalue weighted by molar-refractivity contribution is -0.110. The van der Waals surface area contributed by atoms with Crippen molar-refractivity contribution < 1.29 is 9.53 Å². The molecule has 0 saturated carbocycles. The maximum atomic E-state index is 12.7. The molecule has 0 atom stereocenters. The van der Waals surface area contributed by atoms with Gasteiger partial charge in [0.25, 0.3) is 5.91 Å². The summed E-state index contributed by atoms with van der Waals surface area (Å²) in [5.74, 6) is 0.669. The van der Waals surface area contributed by atoms with Crippen LogP contribution in [0, 0.1) is 0 Å². The Morgan fingerprint density at radius 1 is 0.967 bits per heavy atom. The van der Waals surface area contributed by atoms with E-state index in [1.165, 1.54) is 0 Å². The highest BCUT2D eigenvalue weighted by Crippen LogP contribution is 2.37. The second-order valence-corrected chi connectivity index (χ2v) is 7.15. The quantitative estimate of drug-likeness (QED) is 0.447. The van der Waals surface area contributed by atoms with Crippen molar-refractivity contribution in [2.24, 2.45) is 0 Å². The van der Waals surface area contributed by atoms with E-state index in [0.29, 0.717) is 12.2 Å². The number of pyridine rings is 1. The molecule has 30 heavy (non-hydrogen) atoms.